The Morgan fingerprint density at radius 3 is 2.50 bits per heavy atom. The van der Waals surface area contributed by atoms with Crippen molar-refractivity contribution in [3.05, 3.63) is 40.3 Å². The first kappa shape index (κ1) is 22.7. The molecule has 0 bridgehead atoms. The Morgan fingerprint density at radius 1 is 1.13 bits per heavy atom. The summed E-state index contributed by atoms with van der Waals surface area (Å²) >= 11 is 3.06. The second-order valence-corrected chi connectivity index (χ2v) is 9.80. The van der Waals surface area contributed by atoms with Crippen LogP contribution in [-0.4, -0.2) is 23.7 Å². The predicted molar refractivity (Wildman–Crippen MR) is 126 cm³/mol. The van der Waals surface area contributed by atoms with Gasteiger partial charge in [-0.15, -0.1) is 23.1 Å². The lowest BCUT2D eigenvalue weighted by molar-refractivity contribution is -0.115. The first-order chi connectivity index (χ1) is 14.5. The Labute approximate surface area is 186 Å². The molecule has 0 aliphatic heterocycles. The highest BCUT2D eigenvalue weighted by Crippen LogP contribution is 2.38. The maximum Gasteiger partial charge on any atom is 0.341 e. The number of hydrogen-bond acceptors (Lipinski definition) is 6. The average molecular weight is 447 g/mol. The highest BCUT2D eigenvalue weighted by Gasteiger charge is 2.28. The minimum atomic E-state index is -0.329. The van der Waals surface area contributed by atoms with Gasteiger partial charge in [0.25, 0.3) is 0 Å². The van der Waals surface area contributed by atoms with E-state index in [1.165, 1.54) is 29.5 Å². The Morgan fingerprint density at radius 2 is 1.83 bits per heavy atom. The van der Waals surface area contributed by atoms with Crippen LogP contribution in [0, 0.1) is 0 Å². The summed E-state index contributed by atoms with van der Waals surface area (Å²) in [5.41, 5.74) is 8.11. The molecule has 0 spiro atoms. The maximum atomic E-state index is 13.1. The quantitative estimate of drug-likeness (QED) is 0.325. The molecule has 0 saturated heterocycles. The second-order valence-electron chi connectivity index (χ2n) is 7.42. The molecule has 5 nitrogen and oxygen atoms in total. The third-order valence-corrected chi connectivity index (χ3v) is 7.79. The van der Waals surface area contributed by atoms with Gasteiger partial charge < -0.3 is 15.8 Å². The predicted octanol–water partition coefficient (Wildman–Crippen LogP) is 5.68. The fourth-order valence-electron chi connectivity index (χ4n) is 3.65. The number of rotatable bonds is 7. The summed E-state index contributed by atoms with van der Waals surface area (Å²) < 4.78 is 5.34. The molecule has 0 saturated carbocycles. The highest BCUT2D eigenvalue weighted by molar-refractivity contribution is 8.00. The molecule has 1 unspecified atom stereocenters. The summed E-state index contributed by atoms with van der Waals surface area (Å²) in [6, 6.07) is 7.53. The smallest absolute Gasteiger partial charge is 0.341 e. The van der Waals surface area contributed by atoms with E-state index < -0.39 is 0 Å². The van der Waals surface area contributed by atoms with Crippen molar-refractivity contribution in [2.24, 2.45) is 0 Å². The van der Waals surface area contributed by atoms with E-state index in [1.54, 1.807) is 11.3 Å². The Hall–Kier alpha value is -1.99. The third kappa shape index (κ3) is 5.58. The number of nitrogen functional groups attached to an aromatic ring is 1. The standard InChI is InChI=1S/C23H30N2O3S2/c1-3-18(29-16-13-11-15(24)12-14-16)21(26)25-22-20(23(27)28-4-2)17-9-7-5-6-8-10-19(17)30-22/h11-14,18H,3-10,24H2,1-2H3,(H,25,26). The van der Waals surface area contributed by atoms with E-state index >= 15 is 0 Å². The number of hydrogen-bond donors (Lipinski definition) is 2. The zero-order valence-electron chi connectivity index (χ0n) is 17.7. The number of carbonyl (C=O) groups excluding carboxylic acids is 2. The number of nitrogens with two attached hydrogens (primary N) is 1. The van der Waals surface area contributed by atoms with E-state index in [0.717, 1.165) is 36.1 Å². The van der Waals surface area contributed by atoms with Crippen LogP contribution in [0.3, 0.4) is 0 Å². The molecule has 162 valence electrons. The highest BCUT2D eigenvalue weighted by atomic mass is 32.2. The molecule has 7 heteroatoms. The van der Waals surface area contributed by atoms with Crippen LogP contribution in [0.25, 0.3) is 0 Å². The summed E-state index contributed by atoms with van der Waals surface area (Å²) in [4.78, 5) is 28.1. The van der Waals surface area contributed by atoms with Crippen molar-refractivity contribution in [1.29, 1.82) is 0 Å². The minimum Gasteiger partial charge on any atom is -0.462 e. The number of benzene rings is 1. The number of esters is 1. The van der Waals surface area contributed by atoms with Crippen LogP contribution in [0.1, 0.15) is 66.8 Å². The Bertz CT molecular complexity index is 877. The van der Waals surface area contributed by atoms with Crippen molar-refractivity contribution in [2.45, 2.75) is 68.9 Å². The minimum absolute atomic E-state index is 0.0842. The number of anilines is 2. The zero-order valence-corrected chi connectivity index (χ0v) is 19.3. The summed E-state index contributed by atoms with van der Waals surface area (Å²) in [6.45, 7) is 4.12. The van der Waals surface area contributed by atoms with Gasteiger partial charge in [0.2, 0.25) is 5.91 Å². The molecule has 3 rings (SSSR count). The van der Waals surface area contributed by atoms with Gasteiger partial charge in [0, 0.05) is 15.5 Å². The molecular weight excluding hydrogens is 416 g/mol. The van der Waals surface area contributed by atoms with Crippen LogP contribution in [-0.2, 0) is 22.4 Å². The van der Waals surface area contributed by atoms with Crippen LogP contribution in [0.15, 0.2) is 29.2 Å². The molecule has 30 heavy (non-hydrogen) atoms. The second kappa shape index (κ2) is 10.9. The topological polar surface area (TPSA) is 81.4 Å². The Kier molecular flexibility index (Phi) is 8.22. The molecule has 1 atom stereocenters. The van der Waals surface area contributed by atoms with Crippen LogP contribution >= 0.6 is 23.1 Å². The van der Waals surface area contributed by atoms with Crippen molar-refractivity contribution in [3.63, 3.8) is 0 Å². The summed E-state index contributed by atoms with van der Waals surface area (Å²) in [5, 5.41) is 3.45. The first-order valence-corrected chi connectivity index (χ1v) is 12.4. The molecule has 1 amide bonds. The number of aryl methyl sites for hydroxylation is 1. The van der Waals surface area contributed by atoms with Crippen molar-refractivity contribution in [1.82, 2.24) is 0 Å². The molecule has 0 radical (unpaired) electrons. The van der Waals surface area contributed by atoms with Crippen molar-refractivity contribution in [2.75, 3.05) is 17.7 Å². The van der Waals surface area contributed by atoms with Gasteiger partial charge in [0.15, 0.2) is 0 Å². The van der Waals surface area contributed by atoms with E-state index in [2.05, 4.69) is 5.32 Å². The lowest BCUT2D eigenvalue weighted by Gasteiger charge is -2.15. The average Bonchev–Trinajstić information content (AvgIpc) is 3.03. The molecular formula is C23H30N2O3S2. The largest absolute Gasteiger partial charge is 0.462 e. The molecule has 0 fully saturated rings. The van der Waals surface area contributed by atoms with Gasteiger partial charge in [-0.05, 0) is 68.9 Å². The molecule has 1 aliphatic carbocycles. The Balaban J connectivity index is 1.84. The third-order valence-electron chi connectivity index (χ3n) is 5.21. The molecule has 1 heterocycles. The zero-order chi connectivity index (χ0) is 21.5. The van der Waals surface area contributed by atoms with Crippen LogP contribution in [0.4, 0.5) is 10.7 Å². The monoisotopic (exact) mass is 446 g/mol. The molecule has 3 N–H and O–H groups in total. The molecule has 2 aromatic rings. The number of ether oxygens (including phenoxy) is 1. The van der Waals surface area contributed by atoms with Gasteiger partial charge in [-0.2, -0.15) is 0 Å². The SMILES string of the molecule is CCOC(=O)c1c(NC(=O)C(CC)Sc2ccc(N)cc2)sc2c1CCCCCC2. The van der Waals surface area contributed by atoms with Gasteiger partial charge in [-0.3, -0.25) is 4.79 Å². The lowest BCUT2D eigenvalue weighted by Crippen LogP contribution is -2.25. The van der Waals surface area contributed by atoms with Crippen LogP contribution < -0.4 is 11.1 Å². The van der Waals surface area contributed by atoms with Crippen molar-refractivity contribution >= 4 is 45.7 Å². The fourth-order valence-corrected chi connectivity index (χ4v) is 5.89. The van der Waals surface area contributed by atoms with Gasteiger partial charge in [0.1, 0.15) is 5.00 Å². The van der Waals surface area contributed by atoms with Gasteiger partial charge in [0.05, 0.1) is 17.4 Å². The molecule has 1 aromatic heterocycles. The summed E-state index contributed by atoms with van der Waals surface area (Å²) in [5.74, 6) is -0.413. The van der Waals surface area contributed by atoms with E-state index in [4.69, 9.17) is 10.5 Å². The van der Waals surface area contributed by atoms with Gasteiger partial charge in [-0.25, -0.2) is 4.79 Å². The van der Waals surface area contributed by atoms with E-state index in [1.807, 2.05) is 38.1 Å². The summed E-state index contributed by atoms with van der Waals surface area (Å²) in [7, 11) is 0. The van der Waals surface area contributed by atoms with Gasteiger partial charge >= 0.3 is 5.97 Å². The molecule has 1 aromatic carbocycles. The fraction of sp³-hybridized carbons (Fsp3) is 0.478. The lowest BCUT2D eigenvalue weighted by atomic mass is 9.96. The molecule has 1 aliphatic rings. The van der Waals surface area contributed by atoms with Crippen molar-refractivity contribution < 1.29 is 14.3 Å². The van der Waals surface area contributed by atoms with E-state index in [-0.39, 0.29) is 17.1 Å². The summed E-state index contributed by atoms with van der Waals surface area (Å²) in [6.07, 6.45) is 7.08. The van der Waals surface area contributed by atoms with Gasteiger partial charge in [-0.1, -0.05) is 19.8 Å². The number of fused-ring (bicyclic) bond motifs is 1. The van der Waals surface area contributed by atoms with E-state index in [0.29, 0.717) is 29.3 Å². The normalized spacial score (nSPS) is 14.9. The van der Waals surface area contributed by atoms with Crippen LogP contribution in [0.2, 0.25) is 0 Å². The van der Waals surface area contributed by atoms with Crippen LogP contribution in [0.5, 0.6) is 0 Å². The number of amides is 1. The number of carbonyl (C=O) groups is 2. The number of nitrogens with one attached hydrogen (secondary N) is 1. The number of thioether (sulfide) groups is 1. The van der Waals surface area contributed by atoms with Crippen molar-refractivity contribution in [3.8, 4) is 0 Å². The van der Waals surface area contributed by atoms with E-state index in [9.17, 15) is 9.59 Å². The number of thiophene rings is 1. The maximum absolute atomic E-state index is 13.1. The first-order valence-electron chi connectivity index (χ1n) is 10.7.